The number of amides is 1. The third-order valence-corrected chi connectivity index (χ3v) is 3.77. The van der Waals surface area contributed by atoms with Gasteiger partial charge in [-0.05, 0) is 50.2 Å². The number of carbonyl (C=O) groups is 2. The second-order valence-corrected chi connectivity index (χ2v) is 6.44. The van der Waals surface area contributed by atoms with Gasteiger partial charge >= 0.3 is 5.97 Å². The Morgan fingerprint density at radius 1 is 1.00 bits per heavy atom. The van der Waals surface area contributed by atoms with E-state index >= 15 is 0 Å². The largest absolute Gasteiger partial charge is 0.495 e. The van der Waals surface area contributed by atoms with E-state index in [0.29, 0.717) is 33.5 Å². The summed E-state index contributed by atoms with van der Waals surface area (Å²) in [6.45, 7) is 3.25. The van der Waals surface area contributed by atoms with Gasteiger partial charge in [0.25, 0.3) is 5.91 Å². The third kappa shape index (κ3) is 5.79. The van der Waals surface area contributed by atoms with Crippen LogP contribution in [0.3, 0.4) is 0 Å². The summed E-state index contributed by atoms with van der Waals surface area (Å²) < 4.78 is 21.1. The highest BCUT2D eigenvalue weighted by Crippen LogP contribution is 2.29. The van der Waals surface area contributed by atoms with Crippen molar-refractivity contribution < 1.29 is 28.5 Å². The van der Waals surface area contributed by atoms with Crippen LogP contribution in [0.4, 0.5) is 5.69 Å². The monoisotopic (exact) mass is 407 g/mol. The maximum Gasteiger partial charge on any atom is 0.338 e. The molecule has 1 amide bonds. The number of rotatable bonds is 8. The topological polar surface area (TPSA) is 83.1 Å². The number of methoxy groups -OCH3 is 2. The lowest BCUT2D eigenvalue weighted by molar-refractivity contribution is -0.118. The molecule has 1 N–H and O–H groups in total. The van der Waals surface area contributed by atoms with Gasteiger partial charge in [-0.3, -0.25) is 4.79 Å². The Morgan fingerprint density at radius 2 is 1.68 bits per heavy atom. The lowest BCUT2D eigenvalue weighted by Crippen LogP contribution is -2.20. The number of nitrogens with one attached hydrogen (secondary N) is 1. The second kappa shape index (κ2) is 9.85. The zero-order valence-corrected chi connectivity index (χ0v) is 16.8. The van der Waals surface area contributed by atoms with Crippen molar-refractivity contribution in [1.82, 2.24) is 0 Å². The molecule has 0 heterocycles. The highest BCUT2D eigenvalue weighted by molar-refractivity contribution is 6.31. The summed E-state index contributed by atoms with van der Waals surface area (Å²) in [5.74, 6) is 0.225. The predicted octanol–water partition coefficient (Wildman–Crippen LogP) is 3.94. The summed E-state index contributed by atoms with van der Waals surface area (Å²) >= 11 is 5.95. The van der Waals surface area contributed by atoms with Crippen LogP contribution in [0.25, 0.3) is 0 Å². The summed E-state index contributed by atoms with van der Waals surface area (Å²) in [5.41, 5.74) is 0.758. The highest BCUT2D eigenvalue weighted by Gasteiger charge is 2.15. The smallest absolute Gasteiger partial charge is 0.338 e. The number of benzene rings is 2. The fourth-order valence-electron chi connectivity index (χ4n) is 2.30. The molecule has 28 heavy (non-hydrogen) atoms. The molecule has 0 fully saturated rings. The molecule has 0 spiro atoms. The predicted molar refractivity (Wildman–Crippen MR) is 106 cm³/mol. The van der Waals surface area contributed by atoms with Gasteiger partial charge in [0, 0.05) is 5.02 Å². The number of anilines is 1. The van der Waals surface area contributed by atoms with E-state index in [0.717, 1.165) is 0 Å². The fourth-order valence-corrected chi connectivity index (χ4v) is 2.48. The molecule has 8 heteroatoms. The summed E-state index contributed by atoms with van der Waals surface area (Å²) in [5, 5.41) is 3.13. The van der Waals surface area contributed by atoms with E-state index in [9.17, 15) is 9.59 Å². The van der Waals surface area contributed by atoms with E-state index in [1.165, 1.54) is 20.3 Å². The van der Waals surface area contributed by atoms with Gasteiger partial charge in [-0.2, -0.15) is 0 Å². The van der Waals surface area contributed by atoms with Crippen molar-refractivity contribution in [3.05, 3.63) is 47.0 Å². The minimum absolute atomic E-state index is 0.235. The lowest BCUT2D eigenvalue weighted by Gasteiger charge is -2.14. The first-order valence-electron chi connectivity index (χ1n) is 8.49. The Labute approximate surface area is 168 Å². The van der Waals surface area contributed by atoms with Crippen molar-refractivity contribution in [3.8, 4) is 17.2 Å². The van der Waals surface area contributed by atoms with Crippen LogP contribution >= 0.6 is 11.6 Å². The summed E-state index contributed by atoms with van der Waals surface area (Å²) in [4.78, 5) is 24.2. The first-order valence-corrected chi connectivity index (χ1v) is 8.87. The Morgan fingerprint density at radius 3 is 2.32 bits per heavy atom. The van der Waals surface area contributed by atoms with E-state index in [1.807, 2.05) is 0 Å². The van der Waals surface area contributed by atoms with Crippen LogP contribution in [0.2, 0.25) is 5.02 Å². The Kier molecular flexibility index (Phi) is 7.52. The van der Waals surface area contributed by atoms with Crippen LogP contribution in [0, 0.1) is 0 Å². The normalized spacial score (nSPS) is 10.4. The van der Waals surface area contributed by atoms with Crippen molar-refractivity contribution >= 4 is 29.2 Å². The molecule has 0 radical (unpaired) electrons. The molecule has 150 valence electrons. The Hall–Kier alpha value is -2.93. The molecular weight excluding hydrogens is 386 g/mol. The van der Waals surface area contributed by atoms with Gasteiger partial charge in [-0.15, -0.1) is 0 Å². The molecule has 0 atom stereocenters. The summed E-state index contributed by atoms with van der Waals surface area (Å²) in [7, 11) is 2.93. The number of esters is 1. The SMILES string of the molecule is COc1ccc(Cl)cc1NC(=O)COc1ccc(C(=O)OC(C)C)cc1OC. The van der Waals surface area contributed by atoms with Crippen molar-refractivity contribution in [1.29, 1.82) is 0 Å². The molecular formula is C20H22ClNO6. The Bertz CT molecular complexity index is 853. The van der Waals surface area contributed by atoms with Gasteiger partial charge in [0.05, 0.1) is 31.6 Å². The van der Waals surface area contributed by atoms with Gasteiger partial charge in [0.1, 0.15) is 5.75 Å². The average molecular weight is 408 g/mol. The molecule has 0 aliphatic heterocycles. The summed E-state index contributed by atoms with van der Waals surface area (Å²) in [6, 6.07) is 9.47. The van der Waals surface area contributed by atoms with Crippen LogP contribution in [0.1, 0.15) is 24.2 Å². The van der Waals surface area contributed by atoms with Crippen molar-refractivity contribution in [2.75, 3.05) is 26.1 Å². The minimum atomic E-state index is -0.467. The van der Waals surface area contributed by atoms with Crippen molar-refractivity contribution in [2.24, 2.45) is 0 Å². The maximum atomic E-state index is 12.2. The molecule has 0 saturated carbocycles. The highest BCUT2D eigenvalue weighted by atomic mass is 35.5. The minimum Gasteiger partial charge on any atom is -0.495 e. The molecule has 0 saturated heterocycles. The number of hydrogen-bond donors (Lipinski definition) is 1. The molecule has 0 bridgehead atoms. The number of carbonyl (C=O) groups excluding carboxylic acids is 2. The van der Waals surface area contributed by atoms with E-state index in [4.69, 9.17) is 30.5 Å². The molecule has 2 rings (SSSR count). The molecule has 7 nitrogen and oxygen atoms in total. The molecule has 0 aliphatic carbocycles. The van der Waals surface area contributed by atoms with Crippen molar-refractivity contribution in [2.45, 2.75) is 20.0 Å². The van der Waals surface area contributed by atoms with E-state index in [-0.39, 0.29) is 12.7 Å². The van der Waals surface area contributed by atoms with Gasteiger partial charge in [-0.25, -0.2) is 4.79 Å². The van der Waals surface area contributed by atoms with Crippen LogP contribution in [-0.2, 0) is 9.53 Å². The standard InChI is InChI=1S/C20H22ClNO6/c1-12(2)28-20(24)13-5-7-17(18(9-13)26-4)27-11-19(23)22-15-10-14(21)6-8-16(15)25-3/h5-10,12H,11H2,1-4H3,(H,22,23). The van der Waals surface area contributed by atoms with Gasteiger partial charge in [0.15, 0.2) is 18.1 Å². The van der Waals surface area contributed by atoms with Gasteiger partial charge in [0.2, 0.25) is 0 Å². The number of halogens is 1. The number of ether oxygens (including phenoxy) is 4. The average Bonchev–Trinajstić information content (AvgIpc) is 2.65. The van der Waals surface area contributed by atoms with E-state index < -0.39 is 11.9 Å². The first kappa shape index (κ1) is 21.4. The van der Waals surface area contributed by atoms with Crippen LogP contribution in [-0.4, -0.2) is 38.8 Å². The van der Waals surface area contributed by atoms with E-state index in [1.54, 1.807) is 44.2 Å². The lowest BCUT2D eigenvalue weighted by atomic mass is 10.2. The molecule has 0 unspecified atom stereocenters. The molecule has 2 aromatic carbocycles. The van der Waals surface area contributed by atoms with Crippen LogP contribution < -0.4 is 19.5 Å². The zero-order valence-electron chi connectivity index (χ0n) is 16.1. The Balaban J connectivity index is 2.04. The van der Waals surface area contributed by atoms with Crippen LogP contribution in [0.5, 0.6) is 17.2 Å². The summed E-state index contributed by atoms with van der Waals surface area (Å²) in [6.07, 6.45) is -0.235. The third-order valence-electron chi connectivity index (χ3n) is 3.54. The van der Waals surface area contributed by atoms with Gasteiger partial charge in [-0.1, -0.05) is 11.6 Å². The first-order chi connectivity index (χ1) is 13.3. The second-order valence-electron chi connectivity index (χ2n) is 6.00. The van der Waals surface area contributed by atoms with Gasteiger partial charge < -0.3 is 24.3 Å². The maximum absolute atomic E-state index is 12.2. The molecule has 0 aromatic heterocycles. The molecule has 2 aromatic rings. The van der Waals surface area contributed by atoms with Crippen LogP contribution in [0.15, 0.2) is 36.4 Å². The van der Waals surface area contributed by atoms with E-state index in [2.05, 4.69) is 5.32 Å². The zero-order chi connectivity index (χ0) is 20.7. The van der Waals surface area contributed by atoms with Crippen molar-refractivity contribution in [3.63, 3.8) is 0 Å². The molecule has 0 aliphatic rings. The fraction of sp³-hybridized carbons (Fsp3) is 0.300. The quantitative estimate of drug-likeness (QED) is 0.667. The number of hydrogen-bond acceptors (Lipinski definition) is 6.